The molecule has 3 rings (SSSR count). The van der Waals surface area contributed by atoms with Crippen molar-refractivity contribution in [1.29, 1.82) is 0 Å². The second-order valence-electron chi connectivity index (χ2n) is 8.42. The first-order valence-corrected chi connectivity index (χ1v) is 12.9. The Morgan fingerprint density at radius 3 is 2.44 bits per heavy atom. The summed E-state index contributed by atoms with van der Waals surface area (Å²) in [5, 5.41) is 13.3. The molecule has 174 valence electrons. The Morgan fingerprint density at radius 1 is 1.06 bits per heavy atom. The van der Waals surface area contributed by atoms with Crippen molar-refractivity contribution in [1.82, 2.24) is 4.90 Å². The van der Waals surface area contributed by atoms with Gasteiger partial charge in [0.15, 0.2) is 0 Å². The number of piperazine rings is 1. The Balaban J connectivity index is 1.38. The Labute approximate surface area is 194 Å². The van der Waals surface area contributed by atoms with E-state index in [2.05, 4.69) is 45.4 Å². The summed E-state index contributed by atoms with van der Waals surface area (Å²) in [6.45, 7) is 6.84. The topological polar surface area (TPSA) is 72.9 Å². The van der Waals surface area contributed by atoms with Crippen molar-refractivity contribution in [3.8, 4) is 0 Å². The van der Waals surface area contributed by atoms with Crippen LogP contribution in [-0.4, -0.2) is 59.1 Å². The third-order valence-electron chi connectivity index (χ3n) is 5.95. The lowest BCUT2D eigenvalue weighted by molar-refractivity contribution is -0.114. The van der Waals surface area contributed by atoms with Crippen molar-refractivity contribution in [2.24, 2.45) is 0 Å². The molecule has 32 heavy (non-hydrogen) atoms. The lowest BCUT2D eigenvalue weighted by atomic mass is 10.0. The van der Waals surface area contributed by atoms with Crippen LogP contribution in [0.4, 0.5) is 11.4 Å². The third-order valence-corrected chi connectivity index (χ3v) is 6.93. The van der Waals surface area contributed by atoms with E-state index >= 15 is 0 Å². The first-order valence-electron chi connectivity index (χ1n) is 11.4. The number of unbranched alkanes of at least 4 members (excludes halogenated alkanes) is 2. The van der Waals surface area contributed by atoms with Gasteiger partial charge in [-0.15, -0.1) is 0 Å². The largest absolute Gasteiger partial charge is 0.388 e. The molecule has 0 radical (unpaired) electrons. The molecule has 1 fully saturated rings. The van der Waals surface area contributed by atoms with Gasteiger partial charge in [-0.2, -0.15) is 0 Å². The number of carbonyl (C=O) groups is 1. The Morgan fingerprint density at radius 2 is 1.78 bits per heavy atom. The summed E-state index contributed by atoms with van der Waals surface area (Å²) in [6.07, 6.45) is 4.82. The van der Waals surface area contributed by atoms with Crippen LogP contribution in [0.2, 0.25) is 0 Å². The van der Waals surface area contributed by atoms with Gasteiger partial charge in [0.1, 0.15) is 0 Å². The van der Waals surface area contributed by atoms with Crippen LogP contribution in [0, 0.1) is 0 Å². The molecule has 1 aliphatic rings. The number of aliphatic hydroxyl groups is 1. The highest BCUT2D eigenvalue weighted by atomic mass is 32.2. The van der Waals surface area contributed by atoms with Crippen molar-refractivity contribution in [3.63, 3.8) is 0 Å². The molecule has 0 aliphatic carbocycles. The summed E-state index contributed by atoms with van der Waals surface area (Å²) in [4.78, 5) is 17.0. The standard InChI is InChI=1S/C25H35N3O3S/c1-20(29)26-23-19-21(12-13-25(23)32(2)31)24(30)11-7-4-8-14-27-15-17-28(18-16-27)22-9-5-3-6-10-22/h3,5-6,9-10,12-13,19,24,30H,4,7-8,11,14-18H2,1-2H3,(H,26,29). The number of nitrogens with zero attached hydrogens (tertiary/aromatic N) is 2. The summed E-state index contributed by atoms with van der Waals surface area (Å²) < 4.78 is 11.9. The molecule has 2 unspecified atom stereocenters. The third kappa shape index (κ3) is 7.15. The molecule has 1 amide bonds. The number of aliphatic hydroxyl groups excluding tert-OH is 1. The predicted molar refractivity (Wildman–Crippen MR) is 132 cm³/mol. The highest BCUT2D eigenvalue weighted by molar-refractivity contribution is 7.84. The van der Waals surface area contributed by atoms with E-state index in [1.165, 1.54) is 12.6 Å². The fraction of sp³-hybridized carbons (Fsp3) is 0.480. The molecule has 6 nitrogen and oxygen atoms in total. The minimum Gasteiger partial charge on any atom is -0.388 e. The van der Waals surface area contributed by atoms with Gasteiger partial charge in [0.25, 0.3) is 0 Å². The highest BCUT2D eigenvalue weighted by Crippen LogP contribution is 2.27. The van der Waals surface area contributed by atoms with Gasteiger partial charge in [0.2, 0.25) is 5.91 Å². The first kappa shape index (κ1) is 24.4. The van der Waals surface area contributed by atoms with Crippen LogP contribution in [0.15, 0.2) is 53.4 Å². The molecule has 0 bridgehead atoms. The summed E-state index contributed by atoms with van der Waals surface area (Å²) in [6, 6.07) is 15.9. The number of rotatable bonds is 10. The average molecular weight is 458 g/mol. The molecule has 1 heterocycles. The molecule has 0 aromatic heterocycles. The predicted octanol–water partition coefficient (Wildman–Crippen LogP) is 3.80. The van der Waals surface area contributed by atoms with Crippen LogP contribution in [0.3, 0.4) is 0 Å². The first-order chi connectivity index (χ1) is 15.4. The molecule has 2 N–H and O–H groups in total. The fourth-order valence-electron chi connectivity index (χ4n) is 4.18. The van der Waals surface area contributed by atoms with Crippen LogP contribution in [0.25, 0.3) is 0 Å². The maximum absolute atomic E-state index is 11.9. The van der Waals surface area contributed by atoms with Gasteiger partial charge in [-0.3, -0.25) is 13.9 Å². The lowest BCUT2D eigenvalue weighted by Gasteiger charge is -2.36. The minimum atomic E-state index is -1.21. The molecule has 2 aromatic rings. The van der Waals surface area contributed by atoms with Crippen molar-refractivity contribution in [3.05, 3.63) is 54.1 Å². The quantitative estimate of drug-likeness (QED) is 0.531. The normalized spacial score (nSPS) is 16.5. The summed E-state index contributed by atoms with van der Waals surface area (Å²) in [7, 11) is -1.21. The van der Waals surface area contributed by atoms with Gasteiger partial charge in [0, 0.05) is 45.0 Å². The average Bonchev–Trinajstić information content (AvgIpc) is 2.79. The second-order valence-corrected chi connectivity index (χ2v) is 9.77. The summed E-state index contributed by atoms with van der Waals surface area (Å²) >= 11 is 0. The molecule has 0 spiro atoms. The van der Waals surface area contributed by atoms with E-state index in [0.717, 1.165) is 57.5 Å². The van der Waals surface area contributed by atoms with E-state index in [0.29, 0.717) is 17.0 Å². The molecule has 2 atom stereocenters. The number of carbonyl (C=O) groups excluding carboxylic acids is 1. The summed E-state index contributed by atoms with van der Waals surface area (Å²) in [5.41, 5.74) is 2.57. The number of hydrogen-bond donors (Lipinski definition) is 2. The summed E-state index contributed by atoms with van der Waals surface area (Å²) in [5.74, 6) is -0.215. The zero-order valence-electron chi connectivity index (χ0n) is 19.1. The van der Waals surface area contributed by atoms with E-state index in [-0.39, 0.29) is 5.91 Å². The molecule has 2 aromatic carbocycles. The SMILES string of the molecule is CC(=O)Nc1cc(C(O)CCCCCN2CCN(c3ccccc3)CC2)ccc1S(C)=O. The van der Waals surface area contributed by atoms with Crippen molar-refractivity contribution < 1.29 is 14.1 Å². The number of nitrogens with one attached hydrogen (secondary N) is 1. The molecule has 1 saturated heterocycles. The van der Waals surface area contributed by atoms with E-state index < -0.39 is 16.9 Å². The number of anilines is 2. The number of hydrogen-bond acceptors (Lipinski definition) is 5. The maximum atomic E-state index is 11.9. The number of benzene rings is 2. The Hall–Kier alpha value is -2.22. The molecule has 7 heteroatoms. The second kappa shape index (κ2) is 12.1. The zero-order chi connectivity index (χ0) is 22.9. The van der Waals surface area contributed by atoms with Gasteiger partial charge in [-0.1, -0.05) is 37.1 Å². The van der Waals surface area contributed by atoms with Gasteiger partial charge >= 0.3 is 0 Å². The van der Waals surface area contributed by atoms with E-state index in [1.54, 1.807) is 24.5 Å². The van der Waals surface area contributed by atoms with Gasteiger partial charge in [-0.25, -0.2) is 0 Å². The zero-order valence-corrected chi connectivity index (χ0v) is 19.9. The van der Waals surface area contributed by atoms with Crippen LogP contribution in [-0.2, 0) is 15.6 Å². The van der Waals surface area contributed by atoms with Crippen molar-refractivity contribution in [2.45, 2.75) is 43.6 Å². The number of amides is 1. The molecule has 1 aliphatic heterocycles. The molecular formula is C25H35N3O3S. The van der Waals surface area contributed by atoms with Crippen molar-refractivity contribution >= 4 is 28.1 Å². The highest BCUT2D eigenvalue weighted by Gasteiger charge is 2.17. The van der Waals surface area contributed by atoms with Crippen LogP contribution >= 0.6 is 0 Å². The smallest absolute Gasteiger partial charge is 0.221 e. The lowest BCUT2D eigenvalue weighted by Crippen LogP contribution is -2.46. The number of para-hydroxylation sites is 1. The maximum Gasteiger partial charge on any atom is 0.221 e. The van der Waals surface area contributed by atoms with E-state index in [4.69, 9.17) is 0 Å². The van der Waals surface area contributed by atoms with Gasteiger partial charge < -0.3 is 15.3 Å². The van der Waals surface area contributed by atoms with E-state index in [9.17, 15) is 14.1 Å². The van der Waals surface area contributed by atoms with Crippen molar-refractivity contribution in [2.75, 3.05) is 49.2 Å². The van der Waals surface area contributed by atoms with Crippen LogP contribution in [0.5, 0.6) is 0 Å². The van der Waals surface area contributed by atoms with Gasteiger partial charge in [-0.05, 0) is 49.2 Å². The fourth-order valence-corrected chi connectivity index (χ4v) is 4.86. The minimum absolute atomic E-state index is 0.215. The van der Waals surface area contributed by atoms with E-state index in [1.807, 2.05) is 0 Å². The monoisotopic (exact) mass is 457 g/mol. The van der Waals surface area contributed by atoms with Crippen LogP contribution < -0.4 is 10.2 Å². The Bertz CT molecular complexity index is 899. The molecule has 0 saturated carbocycles. The van der Waals surface area contributed by atoms with Gasteiger partial charge in [0.05, 0.1) is 27.5 Å². The Kier molecular flexibility index (Phi) is 9.26. The van der Waals surface area contributed by atoms with Crippen LogP contribution in [0.1, 0.15) is 44.3 Å². The molecular weight excluding hydrogens is 422 g/mol.